The van der Waals surface area contributed by atoms with E-state index >= 15 is 0 Å². The Hall–Kier alpha value is -3.98. The number of rotatable bonds is 11. The van der Waals surface area contributed by atoms with E-state index < -0.39 is 30.8 Å². The molecule has 40 heavy (non-hydrogen) atoms. The number of morpholine rings is 1. The van der Waals surface area contributed by atoms with Crippen LogP contribution in [0, 0.1) is 10.1 Å². The molecule has 2 N–H and O–H groups in total. The molecule has 1 saturated heterocycles. The summed E-state index contributed by atoms with van der Waals surface area (Å²) in [6.45, 7) is 4.17. The summed E-state index contributed by atoms with van der Waals surface area (Å²) in [5, 5.41) is 15.6. The SMILES string of the molecule is O=C(c1ccccc1)N(Oc1ccc2[nH]ccc2c1)S(=O)(=O)c1cc([N+](=O)[O-])c(NCCCN2CCOCC2)s1. The van der Waals surface area contributed by atoms with Crippen LogP contribution >= 0.6 is 11.3 Å². The highest BCUT2D eigenvalue weighted by Gasteiger charge is 2.37. The Morgan fingerprint density at radius 1 is 1.15 bits per heavy atom. The van der Waals surface area contributed by atoms with Gasteiger partial charge in [-0.3, -0.25) is 19.8 Å². The summed E-state index contributed by atoms with van der Waals surface area (Å²) >= 11 is 0.683. The van der Waals surface area contributed by atoms with Crippen LogP contribution in [0.2, 0.25) is 0 Å². The first-order valence-corrected chi connectivity index (χ1v) is 14.8. The quantitative estimate of drug-likeness (QED) is 0.151. The van der Waals surface area contributed by atoms with Gasteiger partial charge in [-0.2, -0.15) is 8.42 Å². The second-order valence-electron chi connectivity index (χ2n) is 8.99. The minimum atomic E-state index is -4.66. The first-order valence-electron chi connectivity index (χ1n) is 12.5. The van der Waals surface area contributed by atoms with Crippen LogP contribution in [0.3, 0.4) is 0 Å². The van der Waals surface area contributed by atoms with Crippen molar-refractivity contribution in [2.75, 3.05) is 44.7 Å². The Bertz CT molecular complexity index is 1600. The number of ether oxygens (including phenoxy) is 1. The predicted molar refractivity (Wildman–Crippen MR) is 150 cm³/mol. The fraction of sp³-hybridized carbons (Fsp3) is 0.269. The van der Waals surface area contributed by atoms with Crippen molar-refractivity contribution in [3.63, 3.8) is 0 Å². The van der Waals surface area contributed by atoms with Gasteiger partial charge in [-0.05, 0) is 49.4 Å². The van der Waals surface area contributed by atoms with Crippen LogP contribution in [0.25, 0.3) is 10.9 Å². The van der Waals surface area contributed by atoms with Crippen LogP contribution in [0.1, 0.15) is 16.8 Å². The minimum absolute atomic E-state index is 0.0707. The molecular weight excluding hydrogens is 558 g/mol. The zero-order valence-electron chi connectivity index (χ0n) is 21.3. The van der Waals surface area contributed by atoms with Crippen molar-refractivity contribution < 1.29 is 27.7 Å². The number of hydroxylamine groups is 1. The van der Waals surface area contributed by atoms with E-state index in [-0.39, 0.29) is 20.8 Å². The van der Waals surface area contributed by atoms with Crippen LogP contribution < -0.4 is 10.2 Å². The summed E-state index contributed by atoms with van der Waals surface area (Å²) in [6.07, 6.45) is 2.42. The Labute approximate surface area is 234 Å². The molecule has 12 nitrogen and oxygen atoms in total. The van der Waals surface area contributed by atoms with Crippen molar-refractivity contribution in [1.82, 2.24) is 14.4 Å². The van der Waals surface area contributed by atoms with Gasteiger partial charge in [0, 0.05) is 42.3 Å². The molecule has 2 aromatic carbocycles. The lowest BCUT2D eigenvalue weighted by molar-refractivity contribution is -0.383. The number of nitrogens with zero attached hydrogens (tertiary/aromatic N) is 3. The fourth-order valence-corrected chi connectivity index (χ4v) is 6.82. The van der Waals surface area contributed by atoms with Gasteiger partial charge in [0.15, 0.2) is 15.0 Å². The van der Waals surface area contributed by atoms with Crippen molar-refractivity contribution in [1.29, 1.82) is 0 Å². The molecule has 1 fully saturated rings. The number of hydrogen-bond donors (Lipinski definition) is 2. The number of aromatic nitrogens is 1. The van der Waals surface area contributed by atoms with Gasteiger partial charge in [-0.15, -0.1) is 0 Å². The number of H-pyrrole nitrogens is 1. The van der Waals surface area contributed by atoms with Crippen LogP contribution in [0.15, 0.2) is 71.1 Å². The number of amides is 1. The van der Waals surface area contributed by atoms with Gasteiger partial charge in [0.2, 0.25) is 0 Å². The second-order valence-corrected chi connectivity index (χ2v) is 12.0. The minimum Gasteiger partial charge on any atom is -0.379 e. The van der Waals surface area contributed by atoms with E-state index in [0.29, 0.717) is 37.5 Å². The van der Waals surface area contributed by atoms with Crippen molar-refractivity contribution in [3.05, 3.63) is 82.5 Å². The van der Waals surface area contributed by atoms with Crippen LogP contribution in [-0.2, 0) is 14.8 Å². The molecule has 0 spiro atoms. The van der Waals surface area contributed by atoms with E-state index in [1.807, 2.05) is 0 Å². The summed E-state index contributed by atoms with van der Waals surface area (Å²) in [5.74, 6) is -0.835. The molecule has 0 bridgehead atoms. The number of sulfonamides is 1. The van der Waals surface area contributed by atoms with Crippen LogP contribution in [0.5, 0.6) is 5.75 Å². The summed E-state index contributed by atoms with van der Waals surface area (Å²) in [7, 11) is -4.66. The lowest BCUT2D eigenvalue weighted by Crippen LogP contribution is -2.39. The predicted octanol–water partition coefficient (Wildman–Crippen LogP) is 4.10. The Morgan fingerprint density at radius 3 is 2.67 bits per heavy atom. The molecular formula is C26H27N5O7S2. The Balaban J connectivity index is 1.41. The van der Waals surface area contributed by atoms with Gasteiger partial charge in [-0.25, -0.2) is 0 Å². The maximum atomic E-state index is 13.8. The first-order chi connectivity index (χ1) is 19.3. The molecule has 1 aliphatic heterocycles. The average molecular weight is 586 g/mol. The third kappa shape index (κ3) is 6.09. The Morgan fingerprint density at radius 2 is 1.93 bits per heavy atom. The van der Waals surface area contributed by atoms with Crippen LogP contribution in [-0.4, -0.2) is 73.0 Å². The second kappa shape index (κ2) is 12.0. The number of hydrogen-bond acceptors (Lipinski definition) is 10. The third-order valence-corrected chi connectivity index (χ3v) is 9.36. The molecule has 4 aromatic rings. The van der Waals surface area contributed by atoms with Crippen molar-refractivity contribution in [2.24, 2.45) is 0 Å². The normalized spacial score (nSPS) is 14.2. The number of fused-ring (bicyclic) bond motifs is 1. The molecule has 5 rings (SSSR count). The number of thiophene rings is 1. The van der Waals surface area contributed by atoms with E-state index in [1.54, 1.807) is 42.6 Å². The van der Waals surface area contributed by atoms with Gasteiger partial charge in [0.1, 0.15) is 0 Å². The highest BCUT2D eigenvalue weighted by atomic mass is 32.2. The van der Waals surface area contributed by atoms with Gasteiger partial charge in [0.25, 0.3) is 0 Å². The fourth-order valence-electron chi connectivity index (χ4n) is 4.23. The average Bonchev–Trinajstić information content (AvgIpc) is 3.62. The lowest BCUT2D eigenvalue weighted by atomic mass is 10.2. The zero-order chi connectivity index (χ0) is 28.1. The number of carbonyl (C=O) groups excluding carboxylic acids is 1. The highest BCUT2D eigenvalue weighted by molar-refractivity contribution is 7.91. The van der Waals surface area contributed by atoms with Crippen LogP contribution in [0.4, 0.5) is 10.7 Å². The molecule has 14 heteroatoms. The molecule has 0 unspecified atom stereocenters. The van der Waals surface area contributed by atoms with E-state index in [4.69, 9.17) is 9.57 Å². The molecule has 3 heterocycles. The largest absolute Gasteiger partial charge is 0.379 e. The maximum Gasteiger partial charge on any atom is 0.308 e. The number of benzene rings is 2. The molecule has 210 valence electrons. The van der Waals surface area contributed by atoms with E-state index in [0.717, 1.165) is 36.6 Å². The number of nitro groups is 1. The summed E-state index contributed by atoms with van der Waals surface area (Å²) in [5.41, 5.74) is 0.478. The Kier molecular flexibility index (Phi) is 8.30. The zero-order valence-corrected chi connectivity index (χ0v) is 22.9. The highest BCUT2D eigenvalue weighted by Crippen LogP contribution is 2.39. The third-order valence-electron chi connectivity index (χ3n) is 6.30. The topological polar surface area (TPSA) is 147 Å². The van der Waals surface area contributed by atoms with Crippen molar-refractivity contribution in [2.45, 2.75) is 10.6 Å². The number of aromatic amines is 1. The van der Waals surface area contributed by atoms with Gasteiger partial charge in [-0.1, -0.05) is 34.0 Å². The lowest BCUT2D eigenvalue weighted by Gasteiger charge is -2.26. The monoisotopic (exact) mass is 585 g/mol. The van der Waals surface area contributed by atoms with Gasteiger partial charge >= 0.3 is 21.6 Å². The molecule has 0 aliphatic carbocycles. The van der Waals surface area contributed by atoms with Crippen molar-refractivity contribution >= 4 is 48.9 Å². The number of nitrogens with one attached hydrogen (secondary N) is 2. The maximum absolute atomic E-state index is 13.8. The van der Waals surface area contributed by atoms with Gasteiger partial charge < -0.3 is 19.9 Å². The summed E-state index contributed by atoms with van der Waals surface area (Å²) in [4.78, 5) is 35.5. The molecule has 2 aromatic heterocycles. The standard InChI is InChI=1S/C26H27N5O7S2/c32-26(19-5-2-1-3-6-19)31(38-21-7-8-22-20(17-21)9-11-27-22)40(35,36)24-18-23(30(33)34)25(39-24)28-10-4-12-29-13-15-37-16-14-29/h1-3,5-9,11,17-18,27-28H,4,10,12-16H2. The van der Waals surface area contributed by atoms with Crippen molar-refractivity contribution in [3.8, 4) is 5.75 Å². The summed E-state index contributed by atoms with van der Waals surface area (Å²) in [6, 6.07) is 15.3. The number of carbonyl (C=O) groups is 1. The smallest absolute Gasteiger partial charge is 0.308 e. The molecule has 0 atom stereocenters. The van der Waals surface area contributed by atoms with Gasteiger partial charge in [0.05, 0.1) is 24.2 Å². The molecule has 1 aliphatic rings. The van der Waals surface area contributed by atoms with E-state index in [2.05, 4.69) is 15.2 Å². The first kappa shape index (κ1) is 27.6. The molecule has 0 saturated carbocycles. The van der Waals surface area contributed by atoms with E-state index in [9.17, 15) is 23.3 Å². The molecule has 1 amide bonds. The molecule has 0 radical (unpaired) electrons. The number of anilines is 1. The summed E-state index contributed by atoms with van der Waals surface area (Å²) < 4.78 is 32.8. The van der Waals surface area contributed by atoms with E-state index in [1.165, 1.54) is 18.2 Å².